The fraction of sp³-hybridized carbons (Fsp3) is 0.304. The summed E-state index contributed by atoms with van der Waals surface area (Å²) in [5.41, 5.74) is 3.17. The third-order valence-corrected chi connectivity index (χ3v) is 5.54. The van der Waals surface area contributed by atoms with Gasteiger partial charge in [-0.3, -0.25) is 19.8 Å². The molecule has 0 bridgehead atoms. The molecule has 1 saturated heterocycles. The number of furan rings is 1. The van der Waals surface area contributed by atoms with Gasteiger partial charge in [0.2, 0.25) is 11.8 Å². The van der Waals surface area contributed by atoms with Gasteiger partial charge >= 0.3 is 6.03 Å². The average molecular weight is 450 g/mol. The van der Waals surface area contributed by atoms with Gasteiger partial charge in [0.1, 0.15) is 11.8 Å². The second-order valence-electron chi connectivity index (χ2n) is 7.81. The van der Waals surface area contributed by atoms with Crippen LogP contribution in [0.5, 0.6) is 0 Å². The van der Waals surface area contributed by atoms with E-state index in [0.717, 1.165) is 16.9 Å². The van der Waals surface area contributed by atoms with E-state index >= 15 is 0 Å². The van der Waals surface area contributed by atoms with Gasteiger partial charge in [-0.2, -0.15) is 5.10 Å². The number of benzene rings is 1. The first-order valence-electron chi connectivity index (χ1n) is 10.7. The van der Waals surface area contributed by atoms with Crippen molar-refractivity contribution in [3.63, 3.8) is 0 Å². The molecule has 2 aromatic heterocycles. The van der Waals surface area contributed by atoms with Gasteiger partial charge in [-0.15, -0.1) is 0 Å². The van der Waals surface area contributed by atoms with Gasteiger partial charge in [-0.1, -0.05) is 18.2 Å². The molecule has 1 atom stereocenters. The summed E-state index contributed by atoms with van der Waals surface area (Å²) in [7, 11) is 0. The Hall–Kier alpha value is -3.92. The van der Waals surface area contributed by atoms with E-state index in [-0.39, 0.29) is 19.0 Å². The normalized spacial score (nSPS) is 16.3. The van der Waals surface area contributed by atoms with Crippen LogP contribution in [-0.2, 0) is 16.1 Å². The van der Waals surface area contributed by atoms with E-state index in [2.05, 4.69) is 21.0 Å². The molecule has 3 heterocycles. The molecule has 33 heavy (non-hydrogen) atoms. The van der Waals surface area contributed by atoms with Crippen molar-refractivity contribution in [2.75, 3.05) is 19.6 Å². The lowest BCUT2D eigenvalue weighted by atomic mass is 10.00. The van der Waals surface area contributed by atoms with Crippen molar-refractivity contribution in [1.29, 1.82) is 0 Å². The lowest BCUT2D eigenvalue weighted by Crippen LogP contribution is -2.53. The van der Waals surface area contributed by atoms with Gasteiger partial charge in [0.15, 0.2) is 0 Å². The molecule has 0 saturated carbocycles. The Labute approximate surface area is 190 Å². The van der Waals surface area contributed by atoms with Gasteiger partial charge in [0.05, 0.1) is 30.7 Å². The standard InChI is InChI=1S/C23H26N6O4/c1-15-20(16(2)29(27-15)17-7-4-3-5-8-17)21-22(31)24-10-11-28(21)14-19(30)26-23(32)25-13-18-9-6-12-33-18/h3-9,12,21H,10-11,13-14H2,1-2H3,(H,24,31)(H2,25,26,30,32). The fourth-order valence-electron chi connectivity index (χ4n) is 4.04. The van der Waals surface area contributed by atoms with E-state index in [1.165, 1.54) is 6.26 Å². The lowest BCUT2D eigenvalue weighted by molar-refractivity contribution is -0.131. The summed E-state index contributed by atoms with van der Waals surface area (Å²) in [5.74, 6) is -0.126. The highest BCUT2D eigenvalue weighted by molar-refractivity contribution is 5.95. The molecule has 1 unspecified atom stereocenters. The first kappa shape index (κ1) is 22.3. The number of piperazine rings is 1. The summed E-state index contributed by atoms with van der Waals surface area (Å²) in [6.45, 7) is 4.69. The SMILES string of the molecule is Cc1nn(-c2ccccc2)c(C)c1C1C(=O)NCCN1CC(=O)NC(=O)NCc1ccco1. The molecule has 4 amide bonds. The topological polar surface area (TPSA) is 122 Å². The summed E-state index contributed by atoms with van der Waals surface area (Å²) in [6, 6.07) is 11.8. The van der Waals surface area contributed by atoms with Gasteiger partial charge in [-0.25, -0.2) is 9.48 Å². The zero-order valence-corrected chi connectivity index (χ0v) is 18.5. The van der Waals surface area contributed by atoms with Crippen molar-refractivity contribution < 1.29 is 18.8 Å². The summed E-state index contributed by atoms with van der Waals surface area (Å²) < 4.78 is 6.95. The van der Waals surface area contributed by atoms with Gasteiger partial charge in [0, 0.05) is 24.3 Å². The number of imide groups is 1. The minimum Gasteiger partial charge on any atom is -0.467 e. The number of carbonyl (C=O) groups excluding carboxylic acids is 3. The second kappa shape index (κ2) is 9.70. The maximum Gasteiger partial charge on any atom is 0.321 e. The highest BCUT2D eigenvalue weighted by Crippen LogP contribution is 2.30. The third kappa shape index (κ3) is 4.96. The summed E-state index contributed by atoms with van der Waals surface area (Å²) >= 11 is 0. The van der Waals surface area contributed by atoms with Crippen LogP contribution in [0.25, 0.3) is 5.69 Å². The molecule has 10 nitrogen and oxygen atoms in total. The molecule has 1 fully saturated rings. The molecule has 3 aromatic rings. The Bertz CT molecular complexity index is 1140. The first-order chi connectivity index (χ1) is 15.9. The van der Waals surface area contributed by atoms with E-state index < -0.39 is 18.0 Å². The number of hydrogen-bond acceptors (Lipinski definition) is 6. The van der Waals surface area contributed by atoms with Crippen LogP contribution in [0.1, 0.15) is 28.8 Å². The van der Waals surface area contributed by atoms with Crippen LogP contribution >= 0.6 is 0 Å². The number of rotatable bonds is 6. The number of aromatic nitrogens is 2. The summed E-state index contributed by atoms with van der Waals surface area (Å²) in [5, 5.41) is 12.4. The Balaban J connectivity index is 1.48. The van der Waals surface area contributed by atoms with Gasteiger partial charge < -0.3 is 15.1 Å². The second-order valence-corrected chi connectivity index (χ2v) is 7.81. The predicted octanol–water partition coefficient (Wildman–Crippen LogP) is 1.58. The van der Waals surface area contributed by atoms with Crippen LogP contribution in [0, 0.1) is 13.8 Å². The van der Waals surface area contributed by atoms with Crippen LogP contribution in [0.15, 0.2) is 53.1 Å². The minimum atomic E-state index is -0.687. The molecular formula is C23H26N6O4. The fourth-order valence-corrected chi connectivity index (χ4v) is 4.04. The third-order valence-electron chi connectivity index (χ3n) is 5.54. The number of amides is 4. The zero-order chi connectivity index (χ0) is 23.4. The van der Waals surface area contributed by atoms with Gasteiger partial charge in [-0.05, 0) is 38.1 Å². The van der Waals surface area contributed by atoms with E-state index in [4.69, 9.17) is 4.42 Å². The highest BCUT2D eigenvalue weighted by atomic mass is 16.3. The molecule has 3 N–H and O–H groups in total. The Morgan fingerprint density at radius 1 is 1.18 bits per heavy atom. The van der Waals surface area contributed by atoms with E-state index in [1.807, 2.05) is 44.2 Å². The minimum absolute atomic E-state index is 0.109. The maximum atomic E-state index is 12.9. The van der Waals surface area contributed by atoms with Gasteiger partial charge in [0.25, 0.3) is 0 Å². The molecule has 1 aliphatic rings. The molecular weight excluding hydrogens is 424 g/mol. The quantitative estimate of drug-likeness (QED) is 0.524. The van der Waals surface area contributed by atoms with Crippen LogP contribution in [0.4, 0.5) is 4.79 Å². The average Bonchev–Trinajstić information content (AvgIpc) is 3.41. The van der Waals surface area contributed by atoms with E-state index in [1.54, 1.807) is 21.7 Å². The number of para-hydroxylation sites is 1. The predicted molar refractivity (Wildman–Crippen MR) is 119 cm³/mol. The number of nitrogens with zero attached hydrogens (tertiary/aromatic N) is 3. The number of hydrogen-bond donors (Lipinski definition) is 3. The molecule has 1 aliphatic heterocycles. The van der Waals surface area contributed by atoms with Crippen molar-refractivity contribution in [2.24, 2.45) is 0 Å². The molecule has 1 aromatic carbocycles. The molecule has 0 aliphatic carbocycles. The van der Waals surface area contributed by atoms with Crippen molar-refractivity contribution in [2.45, 2.75) is 26.4 Å². The molecule has 4 rings (SSSR count). The lowest BCUT2D eigenvalue weighted by Gasteiger charge is -2.34. The zero-order valence-electron chi connectivity index (χ0n) is 18.5. The smallest absolute Gasteiger partial charge is 0.321 e. The Kier molecular flexibility index (Phi) is 6.55. The molecule has 172 valence electrons. The maximum absolute atomic E-state index is 12.9. The highest BCUT2D eigenvalue weighted by Gasteiger charge is 2.36. The van der Waals surface area contributed by atoms with E-state index in [9.17, 15) is 14.4 Å². The van der Waals surface area contributed by atoms with Crippen LogP contribution < -0.4 is 16.0 Å². The van der Waals surface area contributed by atoms with Crippen LogP contribution in [-0.4, -0.2) is 52.2 Å². The van der Waals surface area contributed by atoms with Crippen molar-refractivity contribution >= 4 is 17.8 Å². The van der Waals surface area contributed by atoms with Crippen molar-refractivity contribution in [1.82, 2.24) is 30.6 Å². The first-order valence-corrected chi connectivity index (χ1v) is 10.7. The van der Waals surface area contributed by atoms with Crippen LogP contribution in [0.3, 0.4) is 0 Å². The summed E-state index contributed by atoms with van der Waals surface area (Å²) in [4.78, 5) is 39.3. The Morgan fingerprint density at radius 3 is 2.70 bits per heavy atom. The monoisotopic (exact) mass is 450 g/mol. The van der Waals surface area contributed by atoms with Crippen molar-refractivity contribution in [3.05, 3.63) is 71.4 Å². The molecule has 0 spiro atoms. The summed E-state index contributed by atoms with van der Waals surface area (Å²) in [6.07, 6.45) is 1.51. The number of nitrogens with one attached hydrogen (secondary N) is 3. The molecule has 0 radical (unpaired) electrons. The van der Waals surface area contributed by atoms with Crippen molar-refractivity contribution in [3.8, 4) is 5.69 Å². The number of urea groups is 1. The largest absolute Gasteiger partial charge is 0.467 e. The van der Waals surface area contributed by atoms with E-state index in [0.29, 0.717) is 24.5 Å². The number of carbonyl (C=O) groups is 3. The Morgan fingerprint density at radius 2 is 1.97 bits per heavy atom. The van der Waals surface area contributed by atoms with Crippen LogP contribution in [0.2, 0.25) is 0 Å². The molecule has 10 heteroatoms. The number of aryl methyl sites for hydroxylation is 1.